The minimum atomic E-state index is -0.415. The Morgan fingerprint density at radius 3 is 2.86 bits per heavy atom. The summed E-state index contributed by atoms with van der Waals surface area (Å²) in [4.78, 5) is 18.1. The van der Waals surface area contributed by atoms with Crippen LogP contribution in [0.5, 0.6) is 11.5 Å². The maximum absolute atomic E-state index is 11.0. The van der Waals surface area contributed by atoms with Crippen LogP contribution in [-0.2, 0) is 9.63 Å². The summed E-state index contributed by atoms with van der Waals surface area (Å²) in [7, 11) is 0. The van der Waals surface area contributed by atoms with Crippen molar-refractivity contribution < 1.29 is 14.4 Å². The molecule has 2 heterocycles. The van der Waals surface area contributed by atoms with Crippen molar-refractivity contribution in [3.63, 3.8) is 0 Å². The summed E-state index contributed by atoms with van der Waals surface area (Å²) in [6, 6.07) is 13.8. The van der Waals surface area contributed by atoms with Crippen LogP contribution in [0.4, 0.5) is 11.4 Å². The molecule has 0 spiro atoms. The maximum Gasteiger partial charge on any atom is 0.331 e. The van der Waals surface area contributed by atoms with Crippen LogP contribution < -0.4 is 9.64 Å². The number of anilines is 2. The van der Waals surface area contributed by atoms with Crippen LogP contribution in [0.1, 0.15) is 18.9 Å². The van der Waals surface area contributed by atoms with Gasteiger partial charge in [-0.1, -0.05) is 29.4 Å². The van der Waals surface area contributed by atoms with Gasteiger partial charge in [0.25, 0.3) is 0 Å². The Morgan fingerprint density at radius 2 is 2.00 bits per heavy atom. The van der Waals surface area contributed by atoms with Crippen molar-refractivity contribution in [3.8, 4) is 11.5 Å². The third-order valence-electron chi connectivity index (χ3n) is 3.81. The summed E-state index contributed by atoms with van der Waals surface area (Å²) in [6.45, 7) is 2.11. The van der Waals surface area contributed by atoms with Gasteiger partial charge in [0, 0.05) is 25.5 Å². The number of rotatable bonds is 1. The van der Waals surface area contributed by atoms with Gasteiger partial charge in [0.05, 0.1) is 17.1 Å². The average Bonchev–Trinajstić information content (AvgIpc) is 2.54. The number of ether oxygens (including phenoxy) is 1. The van der Waals surface area contributed by atoms with Crippen molar-refractivity contribution in [1.82, 2.24) is 0 Å². The van der Waals surface area contributed by atoms with E-state index in [1.54, 1.807) is 0 Å². The summed E-state index contributed by atoms with van der Waals surface area (Å²) in [5.41, 5.74) is 3.75. The van der Waals surface area contributed by atoms with Crippen molar-refractivity contribution in [2.75, 3.05) is 11.4 Å². The van der Waals surface area contributed by atoms with Gasteiger partial charge in [-0.25, -0.2) is 4.79 Å². The van der Waals surface area contributed by atoms with E-state index in [4.69, 9.17) is 9.57 Å². The van der Waals surface area contributed by atoms with Gasteiger partial charge < -0.3 is 14.5 Å². The van der Waals surface area contributed by atoms with Crippen molar-refractivity contribution in [2.45, 2.75) is 13.3 Å². The van der Waals surface area contributed by atoms with Crippen LogP contribution in [0.2, 0.25) is 0 Å². The normalized spacial score (nSPS) is 16.6. The molecule has 2 aliphatic rings. The Morgan fingerprint density at radius 1 is 1.18 bits per heavy atom. The minimum absolute atomic E-state index is 0.415. The first-order valence-corrected chi connectivity index (χ1v) is 7.16. The zero-order valence-corrected chi connectivity index (χ0v) is 12.1. The van der Waals surface area contributed by atoms with E-state index in [9.17, 15) is 4.79 Å². The first kappa shape index (κ1) is 12.9. The highest BCUT2D eigenvalue weighted by molar-refractivity contribution is 6.09. The van der Waals surface area contributed by atoms with Gasteiger partial charge in [-0.05, 0) is 18.2 Å². The fraction of sp³-hybridized carbons (Fsp3) is 0.176. The first-order chi connectivity index (χ1) is 10.7. The van der Waals surface area contributed by atoms with Crippen LogP contribution >= 0.6 is 0 Å². The number of nitrogens with zero attached hydrogens (tertiary/aromatic N) is 2. The van der Waals surface area contributed by atoms with E-state index < -0.39 is 5.97 Å². The van der Waals surface area contributed by atoms with Crippen molar-refractivity contribution >= 4 is 23.1 Å². The molecule has 0 unspecified atom stereocenters. The van der Waals surface area contributed by atoms with Crippen molar-refractivity contribution in [1.29, 1.82) is 0 Å². The molecule has 0 bridgehead atoms. The average molecular weight is 294 g/mol. The number of para-hydroxylation sites is 3. The van der Waals surface area contributed by atoms with Gasteiger partial charge in [0.1, 0.15) is 0 Å². The number of benzene rings is 2. The standard InChI is InChI=1S/C17H14N2O3/c1-11(20)22-18-13-9-10-19-14-6-2-3-7-15(14)21-16-8-4-5-12(13)17(16)19/h2-8H,9-10H2,1H3/b18-13+. The number of carbonyl (C=O) groups is 1. The van der Waals surface area contributed by atoms with E-state index >= 15 is 0 Å². The lowest BCUT2D eigenvalue weighted by atomic mass is 9.97. The smallest absolute Gasteiger partial charge is 0.331 e. The van der Waals surface area contributed by atoms with E-state index in [2.05, 4.69) is 10.1 Å². The van der Waals surface area contributed by atoms with Crippen molar-refractivity contribution in [3.05, 3.63) is 48.0 Å². The minimum Gasteiger partial charge on any atom is -0.453 e. The molecule has 0 aromatic heterocycles. The molecule has 0 saturated heterocycles. The third-order valence-corrected chi connectivity index (χ3v) is 3.81. The van der Waals surface area contributed by atoms with Gasteiger partial charge in [-0.3, -0.25) is 0 Å². The fourth-order valence-electron chi connectivity index (χ4n) is 2.92. The molecule has 110 valence electrons. The Kier molecular flexibility index (Phi) is 2.85. The highest BCUT2D eigenvalue weighted by atomic mass is 16.7. The van der Waals surface area contributed by atoms with Gasteiger partial charge in [0.15, 0.2) is 11.5 Å². The van der Waals surface area contributed by atoms with Crippen LogP contribution in [0.25, 0.3) is 0 Å². The predicted octanol–water partition coefficient (Wildman–Crippen LogP) is 3.60. The highest BCUT2D eigenvalue weighted by Gasteiger charge is 2.31. The molecule has 0 fully saturated rings. The zero-order chi connectivity index (χ0) is 15.1. The molecule has 2 aromatic carbocycles. The van der Waals surface area contributed by atoms with E-state index in [1.165, 1.54) is 6.92 Å². The van der Waals surface area contributed by atoms with E-state index in [1.807, 2.05) is 42.5 Å². The van der Waals surface area contributed by atoms with E-state index in [0.717, 1.165) is 40.7 Å². The molecular weight excluding hydrogens is 280 g/mol. The number of fused-ring (bicyclic) bond motifs is 2. The topological polar surface area (TPSA) is 51.1 Å². The Bertz CT molecular complexity index is 798. The largest absolute Gasteiger partial charge is 0.453 e. The summed E-state index contributed by atoms with van der Waals surface area (Å²) < 4.78 is 5.99. The number of carbonyl (C=O) groups excluding carboxylic acids is 1. The molecule has 5 heteroatoms. The maximum atomic E-state index is 11.0. The molecule has 0 N–H and O–H groups in total. The molecule has 0 amide bonds. The van der Waals surface area contributed by atoms with Gasteiger partial charge in [-0.15, -0.1) is 0 Å². The zero-order valence-electron chi connectivity index (χ0n) is 12.1. The van der Waals surface area contributed by atoms with E-state index in [0.29, 0.717) is 6.42 Å². The molecule has 0 atom stereocenters. The monoisotopic (exact) mass is 294 g/mol. The van der Waals surface area contributed by atoms with Crippen LogP contribution in [0.3, 0.4) is 0 Å². The summed E-state index contributed by atoms with van der Waals surface area (Å²) in [5, 5.41) is 4.00. The summed E-state index contributed by atoms with van der Waals surface area (Å²) >= 11 is 0. The number of oxime groups is 1. The predicted molar refractivity (Wildman–Crippen MR) is 82.9 cm³/mol. The Hall–Kier alpha value is -2.82. The summed E-state index contributed by atoms with van der Waals surface area (Å²) in [5.74, 6) is 1.24. The molecular formula is C17H14N2O3. The molecule has 2 aliphatic heterocycles. The Labute approximate surface area is 127 Å². The Balaban J connectivity index is 1.84. The quantitative estimate of drug-likeness (QED) is 0.595. The van der Waals surface area contributed by atoms with Gasteiger partial charge >= 0.3 is 5.97 Å². The summed E-state index contributed by atoms with van der Waals surface area (Å²) in [6.07, 6.45) is 0.706. The fourth-order valence-corrected chi connectivity index (χ4v) is 2.92. The number of hydrogen-bond acceptors (Lipinski definition) is 5. The second-order valence-corrected chi connectivity index (χ2v) is 5.24. The molecule has 22 heavy (non-hydrogen) atoms. The second-order valence-electron chi connectivity index (χ2n) is 5.24. The molecule has 5 nitrogen and oxygen atoms in total. The molecule has 2 aromatic rings. The molecule has 0 aliphatic carbocycles. The lowest BCUT2D eigenvalue weighted by Gasteiger charge is -2.37. The highest BCUT2D eigenvalue weighted by Crippen LogP contribution is 2.49. The van der Waals surface area contributed by atoms with Crippen LogP contribution in [-0.4, -0.2) is 18.2 Å². The van der Waals surface area contributed by atoms with Crippen LogP contribution in [0.15, 0.2) is 47.6 Å². The van der Waals surface area contributed by atoms with Gasteiger partial charge in [0.2, 0.25) is 0 Å². The lowest BCUT2D eigenvalue weighted by molar-refractivity contribution is -0.140. The molecule has 0 saturated carbocycles. The van der Waals surface area contributed by atoms with Crippen LogP contribution in [0, 0.1) is 0 Å². The number of hydrogen-bond donors (Lipinski definition) is 0. The molecule has 4 rings (SSSR count). The SMILES string of the molecule is CC(=O)O/N=C1\CCN2c3ccccc3Oc3cccc1c32. The second kappa shape index (κ2) is 4.87. The third kappa shape index (κ3) is 1.94. The van der Waals surface area contributed by atoms with Gasteiger partial charge in [-0.2, -0.15) is 0 Å². The molecule has 0 radical (unpaired) electrons. The van der Waals surface area contributed by atoms with Crippen molar-refractivity contribution in [2.24, 2.45) is 5.16 Å². The lowest BCUT2D eigenvalue weighted by Crippen LogP contribution is -2.31. The first-order valence-electron chi connectivity index (χ1n) is 7.16. The van der Waals surface area contributed by atoms with E-state index in [-0.39, 0.29) is 0 Å².